The van der Waals surface area contributed by atoms with E-state index >= 15 is 0 Å². The number of aromatic hydroxyl groups is 1. The first-order chi connectivity index (χ1) is 18.2. The van der Waals surface area contributed by atoms with Crippen molar-refractivity contribution in [1.82, 2.24) is 15.2 Å². The average molecular weight is 514 g/mol. The maximum absolute atomic E-state index is 13.4. The van der Waals surface area contributed by atoms with Crippen LogP contribution in [0.3, 0.4) is 0 Å². The van der Waals surface area contributed by atoms with Gasteiger partial charge in [-0.15, -0.1) is 0 Å². The van der Waals surface area contributed by atoms with Crippen molar-refractivity contribution in [3.63, 3.8) is 0 Å². The van der Waals surface area contributed by atoms with Crippen LogP contribution in [0.2, 0.25) is 0 Å². The minimum Gasteiger partial charge on any atom is -0.508 e. The molecular formula is C31H35N3O4. The van der Waals surface area contributed by atoms with Gasteiger partial charge in [-0.05, 0) is 98.6 Å². The number of nitrogens with zero attached hydrogens (tertiary/aromatic N) is 1. The molecule has 5 atom stereocenters. The van der Waals surface area contributed by atoms with E-state index in [1.165, 1.54) is 0 Å². The molecule has 0 saturated carbocycles. The highest BCUT2D eigenvalue weighted by molar-refractivity contribution is 5.94. The molecule has 198 valence electrons. The van der Waals surface area contributed by atoms with Crippen LogP contribution in [-0.4, -0.2) is 51.7 Å². The summed E-state index contributed by atoms with van der Waals surface area (Å²) in [6, 6.07) is 14.8. The number of benzene rings is 2. The van der Waals surface area contributed by atoms with Crippen LogP contribution in [0.25, 0.3) is 0 Å². The summed E-state index contributed by atoms with van der Waals surface area (Å²) >= 11 is 0. The minimum atomic E-state index is -0.724. The van der Waals surface area contributed by atoms with Gasteiger partial charge >= 0.3 is 0 Å². The van der Waals surface area contributed by atoms with Crippen LogP contribution in [0.5, 0.6) is 5.75 Å². The van der Waals surface area contributed by atoms with Crippen LogP contribution in [0, 0.1) is 12.8 Å². The predicted molar refractivity (Wildman–Crippen MR) is 146 cm³/mol. The molecule has 3 aromatic rings. The van der Waals surface area contributed by atoms with Crippen LogP contribution >= 0.6 is 0 Å². The monoisotopic (exact) mass is 513 g/mol. The number of hydrogen-bond acceptors (Lipinski definition) is 5. The number of amides is 1. The van der Waals surface area contributed by atoms with Gasteiger partial charge in [0.05, 0.1) is 12.1 Å². The number of phenolic OH excluding ortho intramolecular Hbond substituents is 1. The molecule has 7 nitrogen and oxygen atoms in total. The Hall–Kier alpha value is -3.42. The number of aliphatic hydroxyl groups excluding tert-OH is 1. The SMILES string of the molecule is Cc1ccc(O)cc1[C@]12CCN(C)[C@H](C)[C@@H]1Cc1cc(C(=O)N[C@@H]3c4ccccc4C[C@@H]3O)c(=O)[nH]c1C2. The highest BCUT2D eigenvalue weighted by atomic mass is 16.3. The number of likely N-dealkylation sites (tertiary alicyclic amines) is 1. The number of aryl methyl sites for hydroxylation is 1. The normalized spacial score (nSPS) is 28.3. The largest absolute Gasteiger partial charge is 0.508 e. The number of pyridine rings is 1. The molecule has 4 N–H and O–H groups in total. The van der Waals surface area contributed by atoms with E-state index in [0.29, 0.717) is 12.8 Å². The number of nitrogens with one attached hydrogen (secondary N) is 2. The number of carbonyl (C=O) groups is 1. The van der Waals surface area contributed by atoms with Gasteiger partial charge in [0, 0.05) is 23.6 Å². The van der Waals surface area contributed by atoms with E-state index in [1.807, 2.05) is 36.4 Å². The van der Waals surface area contributed by atoms with Crippen molar-refractivity contribution in [2.75, 3.05) is 13.6 Å². The van der Waals surface area contributed by atoms with Crippen molar-refractivity contribution in [2.45, 2.75) is 63.1 Å². The van der Waals surface area contributed by atoms with Crippen molar-refractivity contribution in [2.24, 2.45) is 5.92 Å². The lowest BCUT2D eigenvalue weighted by Crippen LogP contribution is -2.57. The Morgan fingerprint density at radius 3 is 2.74 bits per heavy atom. The number of hydrogen-bond donors (Lipinski definition) is 4. The third-order valence-electron chi connectivity index (χ3n) is 9.54. The zero-order valence-corrected chi connectivity index (χ0v) is 22.1. The number of piperidine rings is 1. The van der Waals surface area contributed by atoms with Gasteiger partial charge in [-0.1, -0.05) is 30.3 Å². The summed E-state index contributed by atoms with van der Waals surface area (Å²) in [5.74, 6) is 0.0381. The summed E-state index contributed by atoms with van der Waals surface area (Å²) in [5.41, 5.74) is 5.50. The lowest BCUT2D eigenvalue weighted by atomic mass is 9.56. The first kappa shape index (κ1) is 24.9. The number of aromatic nitrogens is 1. The number of phenols is 1. The molecule has 1 saturated heterocycles. The van der Waals surface area contributed by atoms with E-state index in [4.69, 9.17) is 0 Å². The number of H-pyrrole nitrogens is 1. The van der Waals surface area contributed by atoms with Crippen LogP contribution in [0.4, 0.5) is 0 Å². The third-order valence-corrected chi connectivity index (χ3v) is 9.54. The second-order valence-electron chi connectivity index (χ2n) is 11.6. The summed E-state index contributed by atoms with van der Waals surface area (Å²) < 4.78 is 0. The van der Waals surface area contributed by atoms with Gasteiger partial charge in [0.25, 0.3) is 11.5 Å². The second kappa shape index (κ2) is 9.10. The predicted octanol–water partition coefficient (Wildman–Crippen LogP) is 3.15. The van der Waals surface area contributed by atoms with Gasteiger partial charge in [-0.25, -0.2) is 0 Å². The van der Waals surface area contributed by atoms with Gasteiger partial charge in [0.2, 0.25) is 0 Å². The Balaban J connectivity index is 1.37. The third kappa shape index (κ3) is 3.87. The summed E-state index contributed by atoms with van der Waals surface area (Å²) in [6.07, 6.45) is 2.05. The molecule has 7 heteroatoms. The highest BCUT2D eigenvalue weighted by Gasteiger charge is 2.50. The molecule has 3 aliphatic rings. The van der Waals surface area contributed by atoms with Gasteiger partial charge in [-0.2, -0.15) is 0 Å². The molecule has 38 heavy (non-hydrogen) atoms. The van der Waals surface area contributed by atoms with E-state index in [0.717, 1.165) is 52.9 Å². The number of fused-ring (bicyclic) bond motifs is 3. The first-order valence-corrected chi connectivity index (χ1v) is 13.5. The maximum Gasteiger partial charge on any atom is 0.261 e. The van der Waals surface area contributed by atoms with Gasteiger partial charge in [0.1, 0.15) is 11.3 Å². The van der Waals surface area contributed by atoms with Crippen LogP contribution in [0.1, 0.15) is 63.3 Å². The Morgan fingerprint density at radius 2 is 1.92 bits per heavy atom. The molecule has 0 unspecified atom stereocenters. The standard InChI is InChI=1S/C31H35N3O4/c1-17-8-9-21(35)15-24(17)31-10-11-34(3)18(2)25(31)13-20-12-23(29(37)32-26(20)16-31)30(38)33-28-22-7-5-4-6-19(22)14-27(28)36/h4-9,12,15,18,25,27-28,35-36H,10-11,13-14,16H2,1-3H3,(H,32,37)(H,33,38)/t18-,25+,27+,28-,31-/m1/s1. The molecule has 1 aromatic heterocycles. The molecule has 2 heterocycles. The lowest BCUT2D eigenvalue weighted by molar-refractivity contribution is 0.0448. The van der Waals surface area contributed by atoms with Gasteiger partial charge in [0.15, 0.2) is 0 Å². The topological polar surface area (TPSA) is 106 Å². The van der Waals surface area contributed by atoms with Crippen molar-refractivity contribution in [3.8, 4) is 5.75 Å². The second-order valence-corrected chi connectivity index (χ2v) is 11.6. The summed E-state index contributed by atoms with van der Waals surface area (Å²) in [5, 5.41) is 23.9. The lowest BCUT2D eigenvalue weighted by Gasteiger charge is -2.54. The first-order valence-electron chi connectivity index (χ1n) is 13.5. The number of rotatable bonds is 3. The fourth-order valence-electron chi connectivity index (χ4n) is 7.33. The molecule has 0 spiro atoms. The molecule has 2 aliphatic carbocycles. The van der Waals surface area contributed by atoms with E-state index in [-0.39, 0.29) is 28.7 Å². The van der Waals surface area contributed by atoms with Crippen molar-refractivity contribution in [1.29, 1.82) is 0 Å². The van der Waals surface area contributed by atoms with Crippen LogP contribution in [0.15, 0.2) is 53.3 Å². The Bertz CT molecular complexity index is 1480. The van der Waals surface area contributed by atoms with E-state index < -0.39 is 23.6 Å². The number of carbonyl (C=O) groups excluding carboxylic acids is 1. The van der Waals surface area contributed by atoms with Crippen molar-refractivity contribution >= 4 is 5.91 Å². The number of aromatic amines is 1. The molecule has 0 radical (unpaired) electrons. The molecule has 1 amide bonds. The van der Waals surface area contributed by atoms with Crippen LogP contribution < -0.4 is 10.9 Å². The average Bonchev–Trinajstić information content (AvgIpc) is 3.21. The number of aliphatic hydroxyl groups is 1. The summed E-state index contributed by atoms with van der Waals surface area (Å²) in [4.78, 5) is 32.0. The Kier molecular flexibility index (Phi) is 5.96. The summed E-state index contributed by atoms with van der Waals surface area (Å²) in [6.45, 7) is 5.27. The smallest absolute Gasteiger partial charge is 0.261 e. The Labute approximate surface area is 222 Å². The Morgan fingerprint density at radius 1 is 1.13 bits per heavy atom. The fourth-order valence-corrected chi connectivity index (χ4v) is 7.33. The summed E-state index contributed by atoms with van der Waals surface area (Å²) in [7, 11) is 2.15. The molecule has 1 aliphatic heterocycles. The van der Waals surface area contributed by atoms with Gasteiger partial charge < -0.3 is 25.4 Å². The quantitative estimate of drug-likeness (QED) is 0.431. The molecule has 0 bridgehead atoms. The molecule has 2 aromatic carbocycles. The van der Waals surface area contributed by atoms with E-state index in [9.17, 15) is 19.8 Å². The van der Waals surface area contributed by atoms with E-state index in [2.05, 4.69) is 36.1 Å². The van der Waals surface area contributed by atoms with Crippen molar-refractivity contribution in [3.05, 3.63) is 98.0 Å². The van der Waals surface area contributed by atoms with Gasteiger partial charge in [-0.3, -0.25) is 9.59 Å². The van der Waals surface area contributed by atoms with Crippen molar-refractivity contribution < 1.29 is 15.0 Å². The maximum atomic E-state index is 13.4. The molecular weight excluding hydrogens is 478 g/mol. The fraction of sp³-hybridized carbons (Fsp3) is 0.419. The highest BCUT2D eigenvalue weighted by Crippen LogP contribution is 2.50. The zero-order valence-electron chi connectivity index (χ0n) is 22.1. The minimum absolute atomic E-state index is 0.0817. The molecule has 6 rings (SSSR count). The molecule has 1 fully saturated rings. The zero-order chi connectivity index (χ0) is 26.8. The van der Waals surface area contributed by atoms with Crippen LogP contribution in [-0.2, 0) is 24.7 Å². The van der Waals surface area contributed by atoms with E-state index in [1.54, 1.807) is 12.1 Å².